The Labute approximate surface area is 93.4 Å². The molecule has 1 heterocycles. The van der Waals surface area contributed by atoms with Gasteiger partial charge >= 0.3 is 0 Å². The first-order valence-electron chi connectivity index (χ1n) is 5.91. The monoisotopic (exact) mass is 215 g/mol. The molecule has 0 aliphatic carbocycles. The maximum atomic E-state index is 9.99. The fourth-order valence-corrected chi connectivity index (χ4v) is 2.10. The summed E-state index contributed by atoms with van der Waals surface area (Å²) in [4.78, 5) is 2.30. The van der Waals surface area contributed by atoms with Crippen molar-refractivity contribution in [3.05, 3.63) is 0 Å². The number of hydrogen-bond acceptors (Lipinski definition) is 3. The predicted octanol–water partition coefficient (Wildman–Crippen LogP) is 1.65. The molecule has 0 bridgehead atoms. The summed E-state index contributed by atoms with van der Waals surface area (Å²) in [6.07, 6.45) is 3.01. The van der Waals surface area contributed by atoms with Gasteiger partial charge in [0.2, 0.25) is 0 Å². The molecule has 1 aliphatic rings. The van der Waals surface area contributed by atoms with E-state index in [4.69, 9.17) is 4.74 Å². The number of β-amino-alcohol motifs (C(OH)–C–C–N with tert-alkyl or cyclic N) is 1. The largest absolute Gasteiger partial charge is 0.387 e. The lowest BCUT2D eigenvalue weighted by Crippen LogP contribution is -2.62. The van der Waals surface area contributed by atoms with Crippen molar-refractivity contribution >= 4 is 0 Å². The Hall–Kier alpha value is -0.120. The van der Waals surface area contributed by atoms with Crippen LogP contribution in [0, 0.1) is 0 Å². The molecule has 3 heteroatoms. The van der Waals surface area contributed by atoms with E-state index in [2.05, 4.69) is 25.7 Å². The molecule has 0 atom stereocenters. The maximum absolute atomic E-state index is 9.99. The molecule has 0 aromatic heterocycles. The van der Waals surface area contributed by atoms with E-state index in [0.29, 0.717) is 0 Å². The van der Waals surface area contributed by atoms with Crippen LogP contribution in [-0.4, -0.2) is 48.0 Å². The highest BCUT2D eigenvalue weighted by atomic mass is 16.5. The van der Waals surface area contributed by atoms with Crippen LogP contribution in [0.25, 0.3) is 0 Å². The van der Waals surface area contributed by atoms with Gasteiger partial charge in [0.1, 0.15) is 0 Å². The minimum Gasteiger partial charge on any atom is -0.387 e. The normalized spacial score (nSPS) is 21.4. The van der Waals surface area contributed by atoms with Gasteiger partial charge in [0, 0.05) is 26.7 Å². The molecular formula is C12H25NO2. The first-order chi connectivity index (χ1) is 6.91. The van der Waals surface area contributed by atoms with Gasteiger partial charge in [0.05, 0.1) is 11.2 Å². The van der Waals surface area contributed by atoms with Gasteiger partial charge in [0.25, 0.3) is 0 Å². The summed E-state index contributed by atoms with van der Waals surface area (Å²) in [5, 5.41) is 9.99. The second kappa shape index (κ2) is 4.81. The van der Waals surface area contributed by atoms with Crippen molar-refractivity contribution in [2.24, 2.45) is 0 Å². The SMILES string of the molecule is CCCC1(O)CN(CCC(C)(C)OC)C1. The first-order valence-corrected chi connectivity index (χ1v) is 5.91. The van der Waals surface area contributed by atoms with E-state index in [1.807, 2.05) is 0 Å². The number of ether oxygens (including phenoxy) is 1. The maximum Gasteiger partial charge on any atom is 0.0900 e. The van der Waals surface area contributed by atoms with Crippen LogP contribution in [0.5, 0.6) is 0 Å². The molecule has 1 N–H and O–H groups in total. The van der Waals surface area contributed by atoms with Crippen LogP contribution in [0.3, 0.4) is 0 Å². The highest BCUT2D eigenvalue weighted by Gasteiger charge is 2.40. The van der Waals surface area contributed by atoms with Gasteiger partial charge < -0.3 is 9.84 Å². The lowest BCUT2D eigenvalue weighted by molar-refractivity contribution is -0.110. The fourth-order valence-electron chi connectivity index (χ4n) is 2.10. The van der Waals surface area contributed by atoms with Gasteiger partial charge in [0.15, 0.2) is 0 Å². The van der Waals surface area contributed by atoms with Gasteiger partial charge in [-0.2, -0.15) is 0 Å². The summed E-state index contributed by atoms with van der Waals surface area (Å²) in [5.74, 6) is 0. The Kier molecular flexibility index (Phi) is 4.15. The second-order valence-electron chi connectivity index (χ2n) is 5.40. The molecular weight excluding hydrogens is 190 g/mol. The van der Waals surface area contributed by atoms with Crippen molar-refractivity contribution in [1.82, 2.24) is 4.90 Å². The van der Waals surface area contributed by atoms with Crippen molar-refractivity contribution in [3.8, 4) is 0 Å². The van der Waals surface area contributed by atoms with Crippen LogP contribution >= 0.6 is 0 Å². The third kappa shape index (κ3) is 3.74. The number of likely N-dealkylation sites (tertiary alicyclic amines) is 1. The average Bonchev–Trinajstić information content (AvgIpc) is 2.12. The molecule has 0 radical (unpaired) electrons. The lowest BCUT2D eigenvalue weighted by atomic mass is 9.88. The summed E-state index contributed by atoms with van der Waals surface area (Å²) in [5.41, 5.74) is -0.440. The Morgan fingerprint density at radius 1 is 1.40 bits per heavy atom. The van der Waals surface area contributed by atoms with Crippen LogP contribution in [0.2, 0.25) is 0 Å². The summed E-state index contributed by atoms with van der Waals surface area (Å²) >= 11 is 0. The molecule has 0 amide bonds. The number of rotatable bonds is 6. The number of aliphatic hydroxyl groups is 1. The minimum atomic E-state index is -0.397. The summed E-state index contributed by atoms with van der Waals surface area (Å²) < 4.78 is 5.37. The first kappa shape index (κ1) is 12.9. The Morgan fingerprint density at radius 2 is 2.00 bits per heavy atom. The smallest absolute Gasteiger partial charge is 0.0900 e. The second-order valence-corrected chi connectivity index (χ2v) is 5.40. The molecule has 1 saturated heterocycles. The molecule has 1 aliphatic heterocycles. The average molecular weight is 215 g/mol. The van der Waals surface area contributed by atoms with E-state index in [1.54, 1.807) is 7.11 Å². The minimum absolute atomic E-state index is 0.0432. The van der Waals surface area contributed by atoms with Gasteiger partial charge in [-0.3, -0.25) is 4.90 Å². The van der Waals surface area contributed by atoms with Gasteiger partial charge in [-0.15, -0.1) is 0 Å². The molecule has 3 nitrogen and oxygen atoms in total. The summed E-state index contributed by atoms with van der Waals surface area (Å²) in [7, 11) is 1.75. The third-order valence-corrected chi connectivity index (χ3v) is 3.33. The van der Waals surface area contributed by atoms with E-state index in [-0.39, 0.29) is 5.60 Å². The number of nitrogens with zero attached hydrogens (tertiary/aromatic N) is 1. The highest BCUT2D eigenvalue weighted by Crippen LogP contribution is 2.26. The molecule has 90 valence electrons. The standard InChI is InChI=1S/C12H25NO2/c1-5-6-12(14)9-13(10-12)8-7-11(2,3)15-4/h14H,5-10H2,1-4H3. The lowest BCUT2D eigenvalue weighted by Gasteiger charge is -2.47. The van der Waals surface area contributed by atoms with Crippen LogP contribution in [0.4, 0.5) is 0 Å². The predicted molar refractivity (Wildman–Crippen MR) is 62.0 cm³/mol. The van der Waals surface area contributed by atoms with Gasteiger partial charge in [-0.25, -0.2) is 0 Å². The van der Waals surface area contributed by atoms with Crippen molar-refractivity contribution in [2.75, 3.05) is 26.7 Å². The Bertz CT molecular complexity index is 198. The van der Waals surface area contributed by atoms with Crippen molar-refractivity contribution in [2.45, 2.75) is 51.2 Å². The van der Waals surface area contributed by atoms with Crippen LogP contribution in [-0.2, 0) is 4.74 Å². The van der Waals surface area contributed by atoms with E-state index in [0.717, 1.165) is 38.9 Å². The van der Waals surface area contributed by atoms with Gasteiger partial charge in [-0.05, 0) is 26.7 Å². The highest BCUT2D eigenvalue weighted by molar-refractivity contribution is 4.95. The zero-order valence-electron chi connectivity index (χ0n) is 10.5. The number of hydrogen-bond donors (Lipinski definition) is 1. The molecule has 15 heavy (non-hydrogen) atoms. The van der Waals surface area contributed by atoms with Gasteiger partial charge in [-0.1, -0.05) is 13.3 Å². The van der Waals surface area contributed by atoms with E-state index in [1.165, 1.54) is 0 Å². The number of methoxy groups -OCH3 is 1. The fraction of sp³-hybridized carbons (Fsp3) is 1.00. The Morgan fingerprint density at radius 3 is 2.47 bits per heavy atom. The molecule has 0 spiro atoms. The molecule has 0 aromatic carbocycles. The molecule has 0 unspecified atom stereocenters. The summed E-state index contributed by atoms with van der Waals surface area (Å²) in [6, 6.07) is 0. The Balaban J connectivity index is 2.18. The van der Waals surface area contributed by atoms with E-state index < -0.39 is 5.60 Å². The quantitative estimate of drug-likeness (QED) is 0.731. The van der Waals surface area contributed by atoms with E-state index >= 15 is 0 Å². The molecule has 1 rings (SSSR count). The van der Waals surface area contributed by atoms with Crippen LogP contribution in [0.1, 0.15) is 40.0 Å². The summed E-state index contributed by atoms with van der Waals surface area (Å²) in [6.45, 7) is 9.01. The van der Waals surface area contributed by atoms with Crippen molar-refractivity contribution in [3.63, 3.8) is 0 Å². The van der Waals surface area contributed by atoms with E-state index in [9.17, 15) is 5.11 Å². The van der Waals surface area contributed by atoms with Crippen LogP contribution in [0.15, 0.2) is 0 Å². The van der Waals surface area contributed by atoms with Crippen LogP contribution < -0.4 is 0 Å². The molecule has 0 saturated carbocycles. The van der Waals surface area contributed by atoms with Crippen molar-refractivity contribution < 1.29 is 9.84 Å². The topological polar surface area (TPSA) is 32.7 Å². The zero-order chi connectivity index (χ0) is 11.5. The molecule has 0 aromatic rings. The zero-order valence-corrected chi connectivity index (χ0v) is 10.5. The third-order valence-electron chi connectivity index (χ3n) is 3.33. The molecule has 1 fully saturated rings. The van der Waals surface area contributed by atoms with Crippen molar-refractivity contribution in [1.29, 1.82) is 0 Å².